The summed E-state index contributed by atoms with van der Waals surface area (Å²) in [6.45, 7) is 7.79. The molecule has 0 aromatic carbocycles. The van der Waals surface area contributed by atoms with E-state index in [1.807, 2.05) is 6.92 Å². The van der Waals surface area contributed by atoms with Crippen LogP contribution in [0.3, 0.4) is 0 Å². The van der Waals surface area contributed by atoms with Crippen molar-refractivity contribution in [3.8, 4) is 0 Å². The highest BCUT2D eigenvalue weighted by molar-refractivity contribution is 5.76. The van der Waals surface area contributed by atoms with E-state index in [9.17, 15) is 4.79 Å². The van der Waals surface area contributed by atoms with Gasteiger partial charge in [-0.2, -0.15) is 0 Å². The smallest absolute Gasteiger partial charge is 0.220 e. The van der Waals surface area contributed by atoms with Crippen LogP contribution in [0.1, 0.15) is 57.7 Å². The predicted molar refractivity (Wildman–Crippen MR) is 81.5 cm³/mol. The highest BCUT2D eigenvalue weighted by Gasteiger charge is 2.23. The van der Waals surface area contributed by atoms with Crippen molar-refractivity contribution in [1.29, 1.82) is 0 Å². The molecule has 0 spiro atoms. The van der Waals surface area contributed by atoms with Gasteiger partial charge in [0.25, 0.3) is 0 Å². The number of aromatic nitrogens is 3. The van der Waals surface area contributed by atoms with Crippen LogP contribution < -0.4 is 11.1 Å². The Labute approximate surface area is 126 Å². The largest absolute Gasteiger partial charge is 0.346 e. The maximum Gasteiger partial charge on any atom is 0.220 e. The van der Waals surface area contributed by atoms with Crippen molar-refractivity contribution >= 4 is 5.91 Å². The Kier molecular flexibility index (Phi) is 5.33. The third kappa shape index (κ3) is 4.03. The Morgan fingerprint density at radius 3 is 2.81 bits per heavy atom. The van der Waals surface area contributed by atoms with Crippen LogP contribution in [0.25, 0.3) is 0 Å². The second-order valence-electron chi connectivity index (χ2n) is 6.45. The van der Waals surface area contributed by atoms with Crippen molar-refractivity contribution < 1.29 is 4.79 Å². The van der Waals surface area contributed by atoms with E-state index >= 15 is 0 Å². The summed E-state index contributed by atoms with van der Waals surface area (Å²) in [6.07, 6.45) is 3.57. The molecule has 6 heteroatoms. The molecule has 2 unspecified atom stereocenters. The van der Waals surface area contributed by atoms with Gasteiger partial charge in [0, 0.05) is 19.4 Å². The van der Waals surface area contributed by atoms with Crippen molar-refractivity contribution in [2.45, 2.75) is 59.0 Å². The molecular weight excluding hydrogens is 266 g/mol. The number of rotatable bonds is 7. The average Bonchev–Trinajstić information content (AvgIpc) is 2.98. The first-order valence-electron chi connectivity index (χ1n) is 7.92. The molecule has 0 saturated heterocycles. The molecule has 1 aliphatic rings. The monoisotopic (exact) mass is 293 g/mol. The summed E-state index contributed by atoms with van der Waals surface area (Å²) in [5.41, 5.74) is 5.76. The molecule has 6 nitrogen and oxygen atoms in total. The van der Waals surface area contributed by atoms with E-state index in [0.29, 0.717) is 18.9 Å². The van der Waals surface area contributed by atoms with Gasteiger partial charge in [-0.25, -0.2) is 0 Å². The van der Waals surface area contributed by atoms with Gasteiger partial charge in [-0.1, -0.05) is 13.8 Å². The molecule has 0 radical (unpaired) electrons. The van der Waals surface area contributed by atoms with E-state index in [0.717, 1.165) is 37.5 Å². The van der Waals surface area contributed by atoms with E-state index in [2.05, 4.69) is 33.9 Å². The lowest BCUT2D eigenvalue weighted by atomic mass is 9.94. The first-order valence-corrected chi connectivity index (χ1v) is 7.92. The Hall–Kier alpha value is -1.43. The highest BCUT2D eigenvalue weighted by atomic mass is 16.1. The number of fused-ring (bicyclic) bond motifs is 1. The minimum absolute atomic E-state index is 0.0500. The summed E-state index contributed by atoms with van der Waals surface area (Å²) in [5.74, 6) is 2.76. The summed E-state index contributed by atoms with van der Waals surface area (Å²) in [7, 11) is 0. The quantitative estimate of drug-likeness (QED) is 0.796. The molecule has 2 heterocycles. The Bertz CT molecular complexity index is 482. The minimum atomic E-state index is -0.102. The molecule has 0 saturated carbocycles. The lowest BCUT2D eigenvalue weighted by Gasteiger charge is -2.19. The zero-order valence-electron chi connectivity index (χ0n) is 13.3. The zero-order chi connectivity index (χ0) is 15.4. The highest BCUT2D eigenvalue weighted by Crippen LogP contribution is 2.20. The number of hydrogen-bond acceptors (Lipinski definition) is 4. The third-order valence-corrected chi connectivity index (χ3v) is 4.02. The lowest BCUT2D eigenvalue weighted by molar-refractivity contribution is -0.122. The fourth-order valence-corrected chi connectivity index (χ4v) is 3.05. The fourth-order valence-electron chi connectivity index (χ4n) is 3.05. The topological polar surface area (TPSA) is 85.8 Å². The number of aryl methyl sites for hydroxylation is 1. The predicted octanol–water partition coefficient (Wildman–Crippen LogP) is 1.41. The van der Waals surface area contributed by atoms with Gasteiger partial charge in [0.05, 0.1) is 6.04 Å². The summed E-state index contributed by atoms with van der Waals surface area (Å²) in [5, 5.41) is 11.4. The van der Waals surface area contributed by atoms with Gasteiger partial charge >= 0.3 is 0 Å². The summed E-state index contributed by atoms with van der Waals surface area (Å²) >= 11 is 0. The molecule has 1 aromatic rings. The third-order valence-electron chi connectivity index (χ3n) is 4.02. The molecule has 0 fully saturated rings. The maximum atomic E-state index is 12.2. The number of nitrogens with two attached hydrogens (primary N) is 1. The van der Waals surface area contributed by atoms with Crippen molar-refractivity contribution in [3.63, 3.8) is 0 Å². The maximum absolute atomic E-state index is 12.2. The molecule has 118 valence electrons. The van der Waals surface area contributed by atoms with E-state index < -0.39 is 0 Å². The Morgan fingerprint density at radius 2 is 2.14 bits per heavy atom. The second-order valence-corrected chi connectivity index (χ2v) is 6.45. The van der Waals surface area contributed by atoms with Crippen LogP contribution in [0.5, 0.6) is 0 Å². The second kappa shape index (κ2) is 7.02. The van der Waals surface area contributed by atoms with Gasteiger partial charge in [-0.05, 0) is 38.1 Å². The molecule has 2 atom stereocenters. The van der Waals surface area contributed by atoms with E-state index in [1.54, 1.807) is 0 Å². The van der Waals surface area contributed by atoms with Crippen LogP contribution >= 0.6 is 0 Å². The van der Waals surface area contributed by atoms with E-state index in [4.69, 9.17) is 5.73 Å². The van der Waals surface area contributed by atoms with Gasteiger partial charge in [0.15, 0.2) is 5.82 Å². The number of nitrogens with one attached hydrogen (secondary N) is 1. The number of amides is 1. The molecule has 2 rings (SSSR count). The van der Waals surface area contributed by atoms with Crippen LogP contribution in [0.15, 0.2) is 0 Å². The molecule has 0 aliphatic carbocycles. The van der Waals surface area contributed by atoms with Crippen molar-refractivity contribution in [3.05, 3.63) is 11.6 Å². The lowest BCUT2D eigenvalue weighted by Crippen LogP contribution is -2.32. The molecule has 0 bridgehead atoms. The van der Waals surface area contributed by atoms with Gasteiger partial charge in [-0.15, -0.1) is 10.2 Å². The number of hydrogen-bond donors (Lipinski definition) is 2. The van der Waals surface area contributed by atoms with Crippen molar-refractivity contribution in [2.75, 3.05) is 6.54 Å². The normalized spacial score (nSPS) is 16.8. The summed E-state index contributed by atoms with van der Waals surface area (Å²) in [4.78, 5) is 12.2. The van der Waals surface area contributed by atoms with Crippen LogP contribution in [-0.2, 0) is 17.8 Å². The summed E-state index contributed by atoms with van der Waals surface area (Å²) < 4.78 is 2.12. The number of carbonyl (C=O) groups is 1. The van der Waals surface area contributed by atoms with E-state index in [1.165, 1.54) is 0 Å². The number of nitrogens with zero attached hydrogens (tertiary/aromatic N) is 3. The molecule has 21 heavy (non-hydrogen) atoms. The number of carbonyl (C=O) groups excluding carboxylic acids is 1. The van der Waals surface area contributed by atoms with E-state index in [-0.39, 0.29) is 17.9 Å². The van der Waals surface area contributed by atoms with Crippen LogP contribution in [0.2, 0.25) is 0 Å². The molecule has 1 aromatic heterocycles. The Morgan fingerprint density at radius 1 is 1.38 bits per heavy atom. The summed E-state index contributed by atoms with van der Waals surface area (Å²) in [6, 6.07) is -0.102. The van der Waals surface area contributed by atoms with Gasteiger partial charge in [-0.3, -0.25) is 4.79 Å². The fraction of sp³-hybridized carbons (Fsp3) is 0.800. The Balaban J connectivity index is 1.89. The zero-order valence-corrected chi connectivity index (χ0v) is 13.3. The first kappa shape index (κ1) is 15.9. The van der Waals surface area contributed by atoms with Crippen LogP contribution in [-0.4, -0.2) is 27.2 Å². The average molecular weight is 293 g/mol. The first-order chi connectivity index (χ1) is 10.0. The minimum Gasteiger partial charge on any atom is -0.346 e. The van der Waals surface area contributed by atoms with Crippen molar-refractivity contribution in [2.24, 2.45) is 17.6 Å². The molecular formula is C15H27N5O. The molecule has 3 N–H and O–H groups in total. The van der Waals surface area contributed by atoms with Gasteiger partial charge < -0.3 is 15.6 Å². The standard InChI is InChI=1S/C15H27N5O/c1-10(2)7-12(9-16)8-14(21)17-11(3)15-19-18-13-5-4-6-20(13)15/h10-12H,4-9,16H2,1-3H3,(H,17,21). The molecule has 1 amide bonds. The van der Waals surface area contributed by atoms with Crippen molar-refractivity contribution in [1.82, 2.24) is 20.1 Å². The molecule has 1 aliphatic heterocycles. The van der Waals surface area contributed by atoms with Gasteiger partial charge in [0.2, 0.25) is 5.91 Å². The van der Waals surface area contributed by atoms with Gasteiger partial charge in [0.1, 0.15) is 5.82 Å². The SMILES string of the molecule is CC(C)CC(CN)CC(=O)NC(C)c1nnc2n1CCC2. The van der Waals surface area contributed by atoms with Crippen LogP contribution in [0.4, 0.5) is 0 Å². The van der Waals surface area contributed by atoms with Crippen LogP contribution in [0, 0.1) is 11.8 Å².